The number of halogens is 1. The van der Waals surface area contributed by atoms with Gasteiger partial charge in [-0.25, -0.2) is 0 Å². The van der Waals surface area contributed by atoms with E-state index in [9.17, 15) is 0 Å². The Morgan fingerprint density at radius 2 is 2.13 bits per heavy atom. The molecular formula is C12H19BrN2. The molecule has 0 saturated carbocycles. The summed E-state index contributed by atoms with van der Waals surface area (Å²) in [5, 5.41) is 0. The Morgan fingerprint density at radius 3 is 2.60 bits per heavy atom. The molecule has 1 atom stereocenters. The Morgan fingerprint density at radius 1 is 1.47 bits per heavy atom. The fraction of sp³-hybridized carbons (Fsp3) is 0.583. The molecule has 0 aromatic carbocycles. The highest BCUT2D eigenvalue weighted by Gasteiger charge is 2.27. The second-order valence-corrected chi connectivity index (χ2v) is 5.62. The summed E-state index contributed by atoms with van der Waals surface area (Å²) in [6.45, 7) is 7.38. The average molecular weight is 271 g/mol. The van der Waals surface area contributed by atoms with Gasteiger partial charge in [0.1, 0.15) is 0 Å². The van der Waals surface area contributed by atoms with E-state index in [1.165, 1.54) is 5.56 Å². The number of rotatable bonds is 4. The van der Waals surface area contributed by atoms with Crippen molar-refractivity contribution in [2.45, 2.75) is 27.2 Å². The van der Waals surface area contributed by atoms with E-state index < -0.39 is 0 Å². The largest absolute Gasteiger partial charge is 0.330 e. The third-order valence-corrected chi connectivity index (χ3v) is 3.66. The monoisotopic (exact) mass is 270 g/mol. The van der Waals surface area contributed by atoms with Gasteiger partial charge in [0, 0.05) is 16.9 Å². The molecule has 84 valence electrons. The van der Waals surface area contributed by atoms with Crippen molar-refractivity contribution in [3.63, 3.8) is 0 Å². The summed E-state index contributed by atoms with van der Waals surface area (Å²) in [5.41, 5.74) is 7.26. The van der Waals surface area contributed by atoms with E-state index in [2.05, 4.69) is 47.8 Å². The highest BCUT2D eigenvalue weighted by molar-refractivity contribution is 9.10. The van der Waals surface area contributed by atoms with E-state index in [0.29, 0.717) is 12.5 Å². The van der Waals surface area contributed by atoms with Crippen LogP contribution in [-0.4, -0.2) is 11.5 Å². The minimum absolute atomic E-state index is 0.155. The molecular weight excluding hydrogens is 252 g/mol. The molecule has 0 aliphatic heterocycles. The third kappa shape index (κ3) is 3.28. The van der Waals surface area contributed by atoms with Gasteiger partial charge in [-0.3, -0.25) is 4.98 Å². The van der Waals surface area contributed by atoms with Gasteiger partial charge in [-0.2, -0.15) is 0 Å². The van der Waals surface area contributed by atoms with Gasteiger partial charge in [0.05, 0.1) is 0 Å². The van der Waals surface area contributed by atoms with Gasteiger partial charge in [0.15, 0.2) is 0 Å². The van der Waals surface area contributed by atoms with E-state index in [-0.39, 0.29) is 5.41 Å². The number of pyridine rings is 1. The summed E-state index contributed by atoms with van der Waals surface area (Å²) < 4.78 is 1.03. The van der Waals surface area contributed by atoms with Gasteiger partial charge in [0.25, 0.3) is 0 Å². The van der Waals surface area contributed by atoms with E-state index in [0.717, 1.165) is 10.9 Å². The zero-order chi connectivity index (χ0) is 11.5. The fourth-order valence-electron chi connectivity index (χ4n) is 1.53. The summed E-state index contributed by atoms with van der Waals surface area (Å²) in [5.74, 6) is 0.571. The molecule has 0 aliphatic rings. The summed E-state index contributed by atoms with van der Waals surface area (Å²) in [7, 11) is 0. The van der Waals surface area contributed by atoms with Crippen LogP contribution in [0.4, 0.5) is 0 Å². The van der Waals surface area contributed by atoms with Gasteiger partial charge in [-0.1, -0.05) is 20.8 Å². The maximum atomic E-state index is 5.86. The molecule has 0 bridgehead atoms. The van der Waals surface area contributed by atoms with Gasteiger partial charge >= 0.3 is 0 Å². The molecule has 0 amide bonds. The van der Waals surface area contributed by atoms with E-state index >= 15 is 0 Å². The van der Waals surface area contributed by atoms with Crippen LogP contribution in [-0.2, 0) is 6.42 Å². The Kier molecular flexibility index (Phi) is 4.29. The molecule has 1 heterocycles. The molecule has 0 spiro atoms. The van der Waals surface area contributed by atoms with Gasteiger partial charge in [0.2, 0.25) is 0 Å². The molecule has 15 heavy (non-hydrogen) atoms. The van der Waals surface area contributed by atoms with Crippen molar-refractivity contribution in [3.05, 3.63) is 28.5 Å². The van der Waals surface area contributed by atoms with Gasteiger partial charge in [-0.15, -0.1) is 0 Å². The number of nitrogens with two attached hydrogens (primary N) is 1. The van der Waals surface area contributed by atoms with Crippen molar-refractivity contribution in [3.8, 4) is 0 Å². The van der Waals surface area contributed by atoms with Crippen molar-refractivity contribution >= 4 is 15.9 Å². The zero-order valence-electron chi connectivity index (χ0n) is 9.63. The second-order valence-electron chi connectivity index (χ2n) is 4.70. The SMILES string of the molecule is CC(C)C(C)(CN)Cc1cncc(Br)c1. The van der Waals surface area contributed by atoms with E-state index in [4.69, 9.17) is 5.73 Å². The highest BCUT2D eigenvalue weighted by atomic mass is 79.9. The van der Waals surface area contributed by atoms with Crippen molar-refractivity contribution < 1.29 is 0 Å². The summed E-state index contributed by atoms with van der Waals surface area (Å²) >= 11 is 3.43. The molecule has 1 rings (SSSR count). The first-order valence-electron chi connectivity index (χ1n) is 5.27. The van der Waals surface area contributed by atoms with Gasteiger partial charge in [-0.05, 0) is 51.9 Å². The molecule has 0 radical (unpaired) electrons. The van der Waals surface area contributed by atoms with Gasteiger partial charge < -0.3 is 5.73 Å². The predicted octanol–water partition coefficient (Wildman–Crippen LogP) is 3.01. The lowest BCUT2D eigenvalue weighted by Gasteiger charge is -2.32. The van der Waals surface area contributed by atoms with Crippen molar-refractivity contribution in [2.24, 2.45) is 17.1 Å². The van der Waals surface area contributed by atoms with Crippen molar-refractivity contribution in [1.82, 2.24) is 4.98 Å². The lowest BCUT2D eigenvalue weighted by molar-refractivity contribution is 0.227. The molecule has 2 N–H and O–H groups in total. The van der Waals surface area contributed by atoms with E-state index in [1.54, 1.807) is 6.20 Å². The van der Waals surface area contributed by atoms with Crippen LogP contribution >= 0.6 is 15.9 Å². The van der Waals surface area contributed by atoms with Crippen molar-refractivity contribution in [2.75, 3.05) is 6.54 Å². The van der Waals surface area contributed by atoms with Crippen LogP contribution in [0.15, 0.2) is 22.9 Å². The summed E-state index contributed by atoms with van der Waals surface area (Å²) in [4.78, 5) is 4.17. The first-order valence-corrected chi connectivity index (χ1v) is 6.07. The molecule has 0 saturated heterocycles. The third-order valence-electron chi connectivity index (χ3n) is 3.23. The number of hydrogen-bond acceptors (Lipinski definition) is 2. The Labute approximate surface area is 100 Å². The highest BCUT2D eigenvalue weighted by Crippen LogP contribution is 2.30. The smallest absolute Gasteiger partial charge is 0.0410 e. The lowest BCUT2D eigenvalue weighted by atomic mass is 9.75. The maximum absolute atomic E-state index is 5.86. The van der Waals surface area contributed by atoms with Crippen molar-refractivity contribution in [1.29, 1.82) is 0 Å². The van der Waals surface area contributed by atoms with Crippen LogP contribution in [0.3, 0.4) is 0 Å². The minimum atomic E-state index is 0.155. The van der Waals surface area contributed by atoms with Crippen LogP contribution in [0.5, 0.6) is 0 Å². The second kappa shape index (κ2) is 5.08. The number of nitrogens with zero attached hydrogens (tertiary/aromatic N) is 1. The molecule has 0 aliphatic carbocycles. The Balaban J connectivity index is 2.84. The summed E-state index contributed by atoms with van der Waals surface area (Å²) in [6, 6.07) is 2.11. The first kappa shape index (κ1) is 12.7. The zero-order valence-corrected chi connectivity index (χ0v) is 11.2. The molecule has 2 nitrogen and oxygen atoms in total. The molecule has 3 heteroatoms. The summed E-state index contributed by atoms with van der Waals surface area (Å²) in [6.07, 6.45) is 4.70. The minimum Gasteiger partial charge on any atom is -0.330 e. The fourth-order valence-corrected chi connectivity index (χ4v) is 1.94. The van der Waals surface area contributed by atoms with Crippen LogP contribution < -0.4 is 5.73 Å². The van der Waals surface area contributed by atoms with Crippen LogP contribution in [0.2, 0.25) is 0 Å². The molecule has 1 aromatic rings. The van der Waals surface area contributed by atoms with Crippen LogP contribution in [0.25, 0.3) is 0 Å². The first-order chi connectivity index (χ1) is 6.98. The quantitative estimate of drug-likeness (QED) is 0.914. The Hall–Kier alpha value is -0.410. The topological polar surface area (TPSA) is 38.9 Å². The molecule has 1 unspecified atom stereocenters. The standard InChI is InChI=1S/C12H19BrN2/c1-9(2)12(3,8-14)5-10-4-11(13)7-15-6-10/h4,6-7,9H,5,8,14H2,1-3H3. The maximum Gasteiger partial charge on any atom is 0.0410 e. The predicted molar refractivity (Wildman–Crippen MR) is 67.6 cm³/mol. The lowest BCUT2D eigenvalue weighted by Crippen LogP contribution is -2.34. The average Bonchev–Trinajstić information content (AvgIpc) is 2.17. The van der Waals surface area contributed by atoms with Crippen LogP contribution in [0.1, 0.15) is 26.3 Å². The number of hydrogen-bond donors (Lipinski definition) is 1. The molecule has 0 fully saturated rings. The Bertz CT molecular complexity index is 325. The van der Waals surface area contributed by atoms with Crippen LogP contribution in [0, 0.1) is 11.3 Å². The van der Waals surface area contributed by atoms with E-state index in [1.807, 2.05) is 6.20 Å². The molecule has 1 aromatic heterocycles. The normalized spacial score (nSPS) is 15.3. The number of aromatic nitrogens is 1.